The smallest absolute Gasteiger partial charge is 0.244 e. The van der Waals surface area contributed by atoms with Gasteiger partial charge in [-0.3, -0.25) is 19.4 Å². The summed E-state index contributed by atoms with van der Waals surface area (Å²) in [6.45, 7) is -0.119. The molecule has 0 bridgehead atoms. The summed E-state index contributed by atoms with van der Waals surface area (Å²) < 4.78 is 6.74. The number of anilines is 1. The van der Waals surface area contributed by atoms with Crippen molar-refractivity contribution in [3.8, 4) is 5.75 Å². The maximum atomic E-state index is 13.1. The van der Waals surface area contributed by atoms with Gasteiger partial charge in [0.15, 0.2) is 5.78 Å². The van der Waals surface area contributed by atoms with E-state index in [4.69, 9.17) is 16.3 Å². The molecule has 8 heteroatoms. The zero-order chi connectivity index (χ0) is 22.7. The summed E-state index contributed by atoms with van der Waals surface area (Å²) >= 11 is 6.10. The Balaban J connectivity index is 1.74. The van der Waals surface area contributed by atoms with Crippen LogP contribution in [0.4, 0.5) is 5.69 Å². The molecule has 0 spiro atoms. The van der Waals surface area contributed by atoms with Crippen molar-refractivity contribution in [1.29, 1.82) is 0 Å². The Morgan fingerprint density at radius 1 is 1.09 bits per heavy atom. The lowest BCUT2D eigenvalue weighted by Crippen LogP contribution is -2.24. The van der Waals surface area contributed by atoms with Crippen molar-refractivity contribution < 1.29 is 14.3 Å². The predicted molar refractivity (Wildman–Crippen MR) is 123 cm³/mol. The molecule has 0 atom stereocenters. The molecule has 7 nitrogen and oxygen atoms in total. The van der Waals surface area contributed by atoms with Crippen LogP contribution in [0.1, 0.15) is 15.9 Å². The number of aromatic nitrogens is 2. The Bertz CT molecular complexity index is 1380. The Morgan fingerprint density at radius 2 is 1.88 bits per heavy atom. The fourth-order valence-corrected chi connectivity index (χ4v) is 3.55. The number of ketones is 1. The molecule has 0 saturated carbocycles. The number of carbonyl (C=O) groups excluding carboxylic acids is 2. The van der Waals surface area contributed by atoms with Gasteiger partial charge in [0.2, 0.25) is 11.3 Å². The number of nitrogens with zero attached hydrogens (tertiary/aromatic N) is 2. The molecular weight excluding hydrogens is 430 g/mol. The van der Waals surface area contributed by atoms with Gasteiger partial charge in [0.25, 0.3) is 0 Å². The summed E-state index contributed by atoms with van der Waals surface area (Å²) in [5.74, 6) is -0.182. The van der Waals surface area contributed by atoms with Gasteiger partial charge in [0.05, 0.1) is 18.2 Å². The number of fused-ring (bicyclic) bond motifs is 1. The van der Waals surface area contributed by atoms with Gasteiger partial charge in [-0.2, -0.15) is 0 Å². The first-order valence-electron chi connectivity index (χ1n) is 9.67. The Morgan fingerprint density at radius 3 is 2.62 bits per heavy atom. The average Bonchev–Trinajstić information content (AvgIpc) is 2.81. The molecule has 32 heavy (non-hydrogen) atoms. The minimum atomic E-state index is -0.457. The summed E-state index contributed by atoms with van der Waals surface area (Å²) in [7, 11) is 1.54. The maximum absolute atomic E-state index is 13.1. The van der Waals surface area contributed by atoms with E-state index >= 15 is 0 Å². The van der Waals surface area contributed by atoms with Crippen molar-refractivity contribution >= 4 is 39.9 Å². The number of pyridine rings is 2. The molecule has 2 heterocycles. The molecule has 0 unspecified atom stereocenters. The molecule has 0 aliphatic carbocycles. The fourth-order valence-electron chi connectivity index (χ4n) is 3.38. The highest BCUT2D eigenvalue weighted by atomic mass is 35.5. The molecule has 1 N–H and O–H groups in total. The number of ether oxygens (including phenoxy) is 1. The zero-order valence-electron chi connectivity index (χ0n) is 17.0. The van der Waals surface area contributed by atoms with Gasteiger partial charge in [-0.25, -0.2) is 0 Å². The normalized spacial score (nSPS) is 10.7. The van der Waals surface area contributed by atoms with E-state index in [2.05, 4.69) is 10.3 Å². The third kappa shape index (κ3) is 4.38. The highest BCUT2D eigenvalue weighted by molar-refractivity contribution is 6.31. The first-order valence-corrected chi connectivity index (χ1v) is 10.1. The van der Waals surface area contributed by atoms with Crippen LogP contribution in [0, 0.1) is 0 Å². The van der Waals surface area contributed by atoms with Crippen molar-refractivity contribution in [1.82, 2.24) is 9.55 Å². The standard InChI is InChI=1S/C24H18ClN3O4/c1-32-18-4-2-3-17(12-18)27-22(29)14-28-13-20(23(30)15-7-9-26-10-8-15)24(31)19-11-16(25)5-6-21(19)28/h2-13H,14H2,1H3,(H,27,29). The molecule has 0 radical (unpaired) electrons. The van der Waals surface area contributed by atoms with Gasteiger partial charge >= 0.3 is 0 Å². The molecule has 1 amide bonds. The topological polar surface area (TPSA) is 90.3 Å². The maximum Gasteiger partial charge on any atom is 0.244 e. The summed E-state index contributed by atoms with van der Waals surface area (Å²) in [4.78, 5) is 42.7. The second-order valence-corrected chi connectivity index (χ2v) is 7.44. The second-order valence-electron chi connectivity index (χ2n) is 7.01. The monoisotopic (exact) mass is 447 g/mol. The number of hydrogen-bond acceptors (Lipinski definition) is 5. The van der Waals surface area contributed by atoms with Crippen molar-refractivity contribution in [3.05, 3.63) is 99.6 Å². The largest absolute Gasteiger partial charge is 0.497 e. The van der Waals surface area contributed by atoms with Crippen molar-refractivity contribution in [2.45, 2.75) is 6.54 Å². The number of rotatable bonds is 6. The molecular formula is C24H18ClN3O4. The first kappa shape index (κ1) is 21.3. The molecule has 0 saturated heterocycles. The van der Waals surface area contributed by atoms with Gasteiger partial charge < -0.3 is 14.6 Å². The molecule has 2 aromatic heterocycles. The minimum Gasteiger partial charge on any atom is -0.497 e. The molecule has 0 fully saturated rings. The van der Waals surface area contributed by atoms with Gasteiger partial charge in [0, 0.05) is 46.3 Å². The highest BCUT2D eigenvalue weighted by Crippen LogP contribution is 2.20. The van der Waals surface area contributed by atoms with Crippen LogP contribution in [0.2, 0.25) is 5.02 Å². The van der Waals surface area contributed by atoms with Crippen molar-refractivity contribution in [3.63, 3.8) is 0 Å². The van der Waals surface area contributed by atoms with E-state index < -0.39 is 11.2 Å². The number of hydrogen-bond donors (Lipinski definition) is 1. The van der Waals surface area contributed by atoms with E-state index in [1.807, 2.05) is 0 Å². The van der Waals surface area contributed by atoms with Crippen LogP contribution in [0.3, 0.4) is 0 Å². The van der Waals surface area contributed by atoms with Crippen LogP contribution in [0.5, 0.6) is 5.75 Å². The lowest BCUT2D eigenvalue weighted by Gasteiger charge is -2.14. The number of benzene rings is 2. The quantitative estimate of drug-likeness (QED) is 0.452. The van der Waals surface area contributed by atoms with Crippen LogP contribution >= 0.6 is 11.6 Å². The molecule has 160 valence electrons. The van der Waals surface area contributed by atoms with Gasteiger partial charge in [0.1, 0.15) is 12.3 Å². The number of nitrogens with one attached hydrogen (secondary N) is 1. The van der Waals surface area contributed by atoms with Crippen molar-refractivity contribution in [2.75, 3.05) is 12.4 Å². The van der Waals surface area contributed by atoms with Crippen LogP contribution < -0.4 is 15.5 Å². The lowest BCUT2D eigenvalue weighted by molar-refractivity contribution is -0.116. The third-order valence-corrected chi connectivity index (χ3v) is 5.13. The predicted octanol–water partition coefficient (Wildman–Crippen LogP) is 3.93. The van der Waals surface area contributed by atoms with E-state index in [1.165, 1.54) is 36.8 Å². The van der Waals surface area contributed by atoms with Crippen LogP contribution in [0.15, 0.2) is 78.0 Å². The van der Waals surface area contributed by atoms with Crippen LogP contribution in [-0.2, 0) is 11.3 Å². The molecule has 0 aliphatic heterocycles. The Kier molecular flexibility index (Phi) is 6.00. The number of halogens is 1. The molecule has 2 aromatic carbocycles. The average molecular weight is 448 g/mol. The molecule has 4 aromatic rings. The van der Waals surface area contributed by atoms with Crippen molar-refractivity contribution in [2.24, 2.45) is 0 Å². The van der Waals surface area contributed by atoms with Gasteiger partial charge in [-0.1, -0.05) is 17.7 Å². The summed E-state index contributed by atoms with van der Waals surface area (Å²) in [6.07, 6.45) is 4.36. The zero-order valence-corrected chi connectivity index (χ0v) is 17.8. The Labute approximate surface area is 188 Å². The summed E-state index contributed by atoms with van der Waals surface area (Å²) in [5.41, 5.74) is 0.877. The summed E-state index contributed by atoms with van der Waals surface area (Å²) in [5, 5.41) is 3.41. The van der Waals surface area contributed by atoms with E-state index in [0.29, 0.717) is 27.5 Å². The fraction of sp³-hybridized carbons (Fsp3) is 0.0833. The highest BCUT2D eigenvalue weighted by Gasteiger charge is 2.18. The summed E-state index contributed by atoms with van der Waals surface area (Å²) in [6, 6.07) is 14.8. The molecule has 0 aliphatic rings. The lowest BCUT2D eigenvalue weighted by atomic mass is 10.0. The van der Waals surface area contributed by atoms with E-state index in [-0.39, 0.29) is 23.4 Å². The number of amides is 1. The van der Waals surface area contributed by atoms with Gasteiger partial charge in [-0.15, -0.1) is 0 Å². The van der Waals surface area contributed by atoms with Crippen LogP contribution in [-0.4, -0.2) is 28.4 Å². The Hall–Kier alpha value is -3.97. The number of carbonyl (C=O) groups is 2. The SMILES string of the molecule is COc1cccc(NC(=O)Cn2cc(C(=O)c3ccncc3)c(=O)c3cc(Cl)ccc32)c1. The third-order valence-electron chi connectivity index (χ3n) is 4.90. The minimum absolute atomic E-state index is 0.0554. The molecule has 4 rings (SSSR count). The first-order chi connectivity index (χ1) is 15.5. The van der Waals surface area contributed by atoms with E-state index in [0.717, 1.165) is 0 Å². The van der Waals surface area contributed by atoms with Gasteiger partial charge in [-0.05, 0) is 42.5 Å². The van der Waals surface area contributed by atoms with E-state index in [1.54, 1.807) is 48.1 Å². The number of methoxy groups -OCH3 is 1. The van der Waals surface area contributed by atoms with E-state index in [9.17, 15) is 14.4 Å². The van der Waals surface area contributed by atoms with Crippen LogP contribution in [0.25, 0.3) is 10.9 Å². The second kappa shape index (κ2) is 9.03.